The summed E-state index contributed by atoms with van der Waals surface area (Å²) in [4.78, 5) is 16.6. The highest BCUT2D eigenvalue weighted by molar-refractivity contribution is 5.94. The second-order valence-corrected chi connectivity index (χ2v) is 6.58. The second-order valence-electron chi connectivity index (χ2n) is 6.58. The number of carbonyl (C=O) groups excluding carboxylic acids is 1. The number of rotatable bonds is 6. The molecule has 0 fully saturated rings. The van der Waals surface area contributed by atoms with E-state index in [0.29, 0.717) is 17.3 Å². The highest BCUT2D eigenvalue weighted by Crippen LogP contribution is 2.21. The molecule has 0 aliphatic rings. The van der Waals surface area contributed by atoms with Crippen molar-refractivity contribution in [3.05, 3.63) is 59.5 Å². The molecule has 8 nitrogen and oxygen atoms in total. The summed E-state index contributed by atoms with van der Waals surface area (Å²) in [6, 6.07) is 13.1. The first-order valence-electron chi connectivity index (χ1n) is 9.15. The van der Waals surface area contributed by atoms with E-state index < -0.39 is 0 Å². The lowest BCUT2D eigenvalue weighted by molar-refractivity contribution is 0.0946. The Kier molecular flexibility index (Phi) is 4.84. The Labute approximate surface area is 161 Å². The third-order valence-electron chi connectivity index (χ3n) is 4.39. The molecule has 28 heavy (non-hydrogen) atoms. The van der Waals surface area contributed by atoms with Gasteiger partial charge in [-0.15, -0.1) is 5.10 Å². The van der Waals surface area contributed by atoms with E-state index in [0.717, 1.165) is 35.1 Å². The Morgan fingerprint density at radius 1 is 1.18 bits per heavy atom. The first-order chi connectivity index (χ1) is 13.6. The van der Waals surface area contributed by atoms with Gasteiger partial charge in [0.25, 0.3) is 5.91 Å². The number of nitrogens with one attached hydrogen (secondary N) is 1. The number of carbonyl (C=O) groups is 1. The van der Waals surface area contributed by atoms with Crippen molar-refractivity contribution >= 4 is 16.9 Å². The molecule has 0 saturated heterocycles. The van der Waals surface area contributed by atoms with Gasteiger partial charge in [0.15, 0.2) is 0 Å². The van der Waals surface area contributed by atoms with E-state index in [4.69, 9.17) is 4.52 Å². The average molecular weight is 376 g/mol. The lowest BCUT2D eigenvalue weighted by atomic mass is 10.1. The number of aromatic nitrogens is 5. The molecule has 0 radical (unpaired) electrons. The summed E-state index contributed by atoms with van der Waals surface area (Å²) < 4.78 is 7.14. The molecule has 2 aromatic heterocycles. The third kappa shape index (κ3) is 3.62. The maximum Gasteiger partial charge on any atom is 0.251 e. The molecule has 142 valence electrons. The van der Waals surface area contributed by atoms with Crippen molar-refractivity contribution in [2.75, 3.05) is 0 Å². The Morgan fingerprint density at radius 3 is 2.79 bits per heavy atom. The first kappa shape index (κ1) is 17.8. The van der Waals surface area contributed by atoms with Gasteiger partial charge in [-0.05, 0) is 43.7 Å². The molecule has 4 rings (SSSR count). The van der Waals surface area contributed by atoms with Crippen molar-refractivity contribution < 1.29 is 9.32 Å². The van der Waals surface area contributed by atoms with Gasteiger partial charge < -0.3 is 9.84 Å². The molecule has 1 amide bonds. The van der Waals surface area contributed by atoms with Gasteiger partial charge in [0.1, 0.15) is 5.52 Å². The zero-order valence-electron chi connectivity index (χ0n) is 15.7. The number of benzene rings is 2. The van der Waals surface area contributed by atoms with Crippen LogP contribution >= 0.6 is 0 Å². The monoisotopic (exact) mass is 376 g/mol. The summed E-state index contributed by atoms with van der Waals surface area (Å²) >= 11 is 0. The van der Waals surface area contributed by atoms with Crippen molar-refractivity contribution in [1.82, 2.24) is 30.5 Å². The molecule has 2 aromatic carbocycles. The molecule has 0 bridgehead atoms. The Morgan fingerprint density at radius 2 is 2.00 bits per heavy atom. The molecule has 0 aliphatic heterocycles. The average Bonchev–Trinajstić information content (AvgIpc) is 3.34. The topological polar surface area (TPSA) is 98.7 Å². The van der Waals surface area contributed by atoms with Gasteiger partial charge in [0.05, 0.1) is 12.1 Å². The minimum absolute atomic E-state index is 0.161. The zero-order valence-corrected chi connectivity index (χ0v) is 15.7. The van der Waals surface area contributed by atoms with Crippen LogP contribution in [0.3, 0.4) is 0 Å². The summed E-state index contributed by atoms with van der Waals surface area (Å²) in [5.41, 5.74) is 4.23. The summed E-state index contributed by atoms with van der Waals surface area (Å²) in [5.74, 6) is 0.602. The normalized spacial score (nSPS) is 11.1. The van der Waals surface area contributed by atoms with Crippen LogP contribution in [0.1, 0.15) is 35.2 Å². The molecular weight excluding hydrogens is 356 g/mol. The van der Waals surface area contributed by atoms with E-state index in [1.54, 1.807) is 12.1 Å². The van der Waals surface area contributed by atoms with E-state index in [-0.39, 0.29) is 12.5 Å². The van der Waals surface area contributed by atoms with Crippen LogP contribution in [0.15, 0.2) is 47.0 Å². The molecule has 2 heterocycles. The zero-order chi connectivity index (χ0) is 19.5. The van der Waals surface area contributed by atoms with Crippen molar-refractivity contribution in [3.63, 3.8) is 0 Å². The van der Waals surface area contributed by atoms with E-state index in [1.807, 2.05) is 41.9 Å². The third-order valence-corrected chi connectivity index (χ3v) is 4.39. The van der Waals surface area contributed by atoms with Crippen LogP contribution in [0.4, 0.5) is 0 Å². The number of nitrogens with zero attached hydrogens (tertiary/aromatic N) is 5. The van der Waals surface area contributed by atoms with E-state index in [9.17, 15) is 4.79 Å². The molecule has 1 N–H and O–H groups in total. The quantitative estimate of drug-likeness (QED) is 0.555. The highest BCUT2D eigenvalue weighted by Gasteiger charge is 2.13. The lowest BCUT2D eigenvalue weighted by Gasteiger charge is -2.02. The van der Waals surface area contributed by atoms with Crippen LogP contribution < -0.4 is 5.32 Å². The van der Waals surface area contributed by atoms with Crippen LogP contribution in [0.2, 0.25) is 0 Å². The predicted molar refractivity (Wildman–Crippen MR) is 103 cm³/mol. The summed E-state index contributed by atoms with van der Waals surface area (Å²) in [5, 5.41) is 15.2. The second kappa shape index (κ2) is 7.59. The molecule has 0 spiro atoms. The smallest absolute Gasteiger partial charge is 0.251 e. The fourth-order valence-corrected chi connectivity index (χ4v) is 2.90. The minimum atomic E-state index is -0.186. The van der Waals surface area contributed by atoms with Crippen molar-refractivity contribution in [2.24, 2.45) is 0 Å². The molecule has 0 aliphatic carbocycles. The van der Waals surface area contributed by atoms with Gasteiger partial charge in [-0.2, -0.15) is 4.98 Å². The highest BCUT2D eigenvalue weighted by atomic mass is 16.5. The van der Waals surface area contributed by atoms with Crippen LogP contribution in [0.25, 0.3) is 22.4 Å². The molecule has 4 aromatic rings. The van der Waals surface area contributed by atoms with Gasteiger partial charge in [0, 0.05) is 17.7 Å². The Hall–Kier alpha value is -3.55. The van der Waals surface area contributed by atoms with Crippen LogP contribution in [-0.2, 0) is 13.1 Å². The van der Waals surface area contributed by atoms with Crippen molar-refractivity contribution in [3.8, 4) is 11.4 Å². The Balaban J connectivity index is 1.46. The number of amides is 1. The predicted octanol–water partition coefficient (Wildman–Crippen LogP) is 3.13. The maximum absolute atomic E-state index is 12.2. The fourth-order valence-electron chi connectivity index (χ4n) is 2.90. The van der Waals surface area contributed by atoms with E-state index in [1.165, 1.54) is 0 Å². The standard InChI is InChI=1S/C20H20N6O2/c1-3-10-26-17-9-8-15(11-16(17)23-25-26)19-22-18(28-24-19)12-21-20(27)14-6-4-13(2)5-7-14/h4-9,11H,3,10,12H2,1-2H3,(H,21,27). The SMILES string of the molecule is CCCn1nnc2cc(-c3noc(CNC(=O)c4ccc(C)cc4)n3)ccc21. The fraction of sp³-hybridized carbons (Fsp3) is 0.250. The molecular formula is C20H20N6O2. The van der Waals surface area contributed by atoms with Crippen molar-refractivity contribution in [2.45, 2.75) is 33.4 Å². The van der Waals surface area contributed by atoms with Crippen LogP contribution in [0.5, 0.6) is 0 Å². The molecule has 0 unspecified atom stereocenters. The number of aryl methyl sites for hydroxylation is 2. The Bertz CT molecular complexity index is 1110. The number of fused-ring (bicyclic) bond motifs is 1. The largest absolute Gasteiger partial charge is 0.343 e. The summed E-state index contributed by atoms with van der Waals surface area (Å²) in [7, 11) is 0. The maximum atomic E-state index is 12.2. The van der Waals surface area contributed by atoms with Gasteiger partial charge in [-0.3, -0.25) is 4.79 Å². The first-order valence-corrected chi connectivity index (χ1v) is 9.15. The lowest BCUT2D eigenvalue weighted by Crippen LogP contribution is -2.22. The summed E-state index contributed by atoms with van der Waals surface area (Å²) in [6.07, 6.45) is 0.989. The minimum Gasteiger partial charge on any atom is -0.343 e. The van der Waals surface area contributed by atoms with Crippen LogP contribution in [-0.4, -0.2) is 31.0 Å². The molecule has 8 heteroatoms. The van der Waals surface area contributed by atoms with Gasteiger partial charge in [-0.25, -0.2) is 4.68 Å². The van der Waals surface area contributed by atoms with E-state index >= 15 is 0 Å². The summed E-state index contributed by atoms with van der Waals surface area (Å²) in [6.45, 7) is 5.06. The van der Waals surface area contributed by atoms with Crippen molar-refractivity contribution in [1.29, 1.82) is 0 Å². The van der Waals surface area contributed by atoms with Gasteiger partial charge >= 0.3 is 0 Å². The number of hydrogen-bond acceptors (Lipinski definition) is 6. The number of hydrogen-bond donors (Lipinski definition) is 1. The van der Waals surface area contributed by atoms with Crippen LogP contribution in [0, 0.1) is 6.92 Å². The van der Waals surface area contributed by atoms with Gasteiger partial charge in [0.2, 0.25) is 11.7 Å². The van der Waals surface area contributed by atoms with Gasteiger partial charge in [-0.1, -0.05) is 35.0 Å². The van der Waals surface area contributed by atoms with E-state index in [2.05, 4.69) is 32.7 Å². The molecule has 0 atom stereocenters. The molecule has 0 saturated carbocycles.